The lowest BCUT2D eigenvalue weighted by molar-refractivity contribution is 0.0947. The van der Waals surface area contributed by atoms with E-state index in [-0.39, 0.29) is 18.1 Å². The third kappa shape index (κ3) is 3.84. The van der Waals surface area contributed by atoms with E-state index in [1.165, 1.54) is 0 Å². The van der Waals surface area contributed by atoms with Crippen molar-refractivity contribution >= 4 is 22.5 Å². The standard InChI is InChI=1S/C23H19NO4S/c1-28-18-9-6-15(7-10-18)14-24-23(26)16-8-11-21-17(12-16)13-20(25)19-4-2-3-5-22(19)29(21)27/h2-12H,13-14H2,1H3,(H,24,26). The number of hydrogen-bond acceptors (Lipinski definition) is 4. The molecule has 1 heterocycles. The Labute approximate surface area is 171 Å². The molecule has 0 aromatic heterocycles. The van der Waals surface area contributed by atoms with Crippen LogP contribution >= 0.6 is 0 Å². The quantitative estimate of drug-likeness (QED) is 0.721. The molecule has 0 saturated heterocycles. The Hall–Kier alpha value is -3.25. The number of carbonyl (C=O) groups is 2. The smallest absolute Gasteiger partial charge is 0.251 e. The lowest BCUT2D eigenvalue weighted by Gasteiger charge is -2.10. The highest BCUT2D eigenvalue weighted by molar-refractivity contribution is 7.85. The summed E-state index contributed by atoms with van der Waals surface area (Å²) >= 11 is 0. The highest BCUT2D eigenvalue weighted by Gasteiger charge is 2.25. The van der Waals surface area contributed by atoms with E-state index in [2.05, 4.69) is 5.32 Å². The van der Waals surface area contributed by atoms with E-state index >= 15 is 0 Å². The molecule has 1 amide bonds. The molecule has 1 unspecified atom stereocenters. The van der Waals surface area contributed by atoms with Gasteiger partial charge in [0.1, 0.15) is 5.75 Å². The van der Waals surface area contributed by atoms with E-state index in [9.17, 15) is 13.8 Å². The lowest BCUT2D eigenvalue weighted by atomic mass is 10.0. The second-order valence-corrected chi connectivity index (χ2v) is 8.14. The summed E-state index contributed by atoms with van der Waals surface area (Å²) in [6, 6.07) is 19.4. The number of fused-ring (bicyclic) bond motifs is 2. The van der Waals surface area contributed by atoms with Gasteiger partial charge in [-0.2, -0.15) is 0 Å². The first-order chi connectivity index (χ1) is 14.1. The molecule has 1 N–H and O–H groups in total. The number of methoxy groups -OCH3 is 1. The van der Waals surface area contributed by atoms with Gasteiger partial charge in [-0.05, 0) is 47.5 Å². The number of ether oxygens (including phenoxy) is 1. The highest BCUT2D eigenvalue weighted by Crippen LogP contribution is 2.29. The molecule has 146 valence electrons. The third-order valence-corrected chi connectivity index (χ3v) is 6.43. The first-order valence-electron chi connectivity index (χ1n) is 9.15. The zero-order valence-corrected chi connectivity index (χ0v) is 16.6. The molecule has 0 fully saturated rings. The molecule has 5 nitrogen and oxygen atoms in total. The van der Waals surface area contributed by atoms with Gasteiger partial charge in [0.05, 0.1) is 22.8 Å². The van der Waals surface area contributed by atoms with Gasteiger partial charge in [-0.3, -0.25) is 9.59 Å². The molecule has 1 aliphatic rings. The molecular formula is C23H19NO4S. The van der Waals surface area contributed by atoms with Crippen LogP contribution in [-0.4, -0.2) is 23.0 Å². The monoisotopic (exact) mass is 405 g/mol. The molecule has 0 bridgehead atoms. The third-order valence-electron chi connectivity index (χ3n) is 4.87. The van der Waals surface area contributed by atoms with Gasteiger partial charge in [-0.1, -0.05) is 30.3 Å². The molecule has 1 aliphatic heterocycles. The molecule has 29 heavy (non-hydrogen) atoms. The molecule has 6 heteroatoms. The Balaban J connectivity index is 1.55. The van der Waals surface area contributed by atoms with Crippen molar-refractivity contribution in [2.45, 2.75) is 22.8 Å². The number of ketones is 1. The minimum Gasteiger partial charge on any atom is -0.497 e. The SMILES string of the molecule is COc1ccc(CNC(=O)c2ccc3c(c2)CC(=O)c2ccccc2S3=O)cc1. The Kier molecular flexibility index (Phi) is 5.27. The van der Waals surface area contributed by atoms with Crippen LogP contribution in [-0.2, 0) is 23.8 Å². The normalized spacial score (nSPS) is 15.1. The van der Waals surface area contributed by atoms with Crippen LogP contribution in [0.25, 0.3) is 0 Å². The van der Waals surface area contributed by atoms with Gasteiger partial charge in [0.25, 0.3) is 5.91 Å². The summed E-state index contributed by atoms with van der Waals surface area (Å²) in [5, 5.41) is 2.87. The minimum atomic E-state index is -1.45. The maximum atomic E-state index is 13.0. The van der Waals surface area contributed by atoms with E-state index in [4.69, 9.17) is 4.74 Å². The Bertz CT molecular complexity index is 1120. The first-order valence-corrected chi connectivity index (χ1v) is 10.3. The molecular weight excluding hydrogens is 386 g/mol. The Morgan fingerprint density at radius 2 is 1.79 bits per heavy atom. The minimum absolute atomic E-state index is 0.0940. The molecule has 4 rings (SSSR count). The maximum absolute atomic E-state index is 13.0. The molecule has 0 aliphatic carbocycles. The summed E-state index contributed by atoms with van der Waals surface area (Å²) in [7, 11) is 0.152. The molecule has 3 aromatic carbocycles. The van der Waals surface area contributed by atoms with Gasteiger partial charge in [0.2, 0.25) is 0 Å². The van der Waals surface area contributed by atoms with Crippen LogP contribution in [0.3, 0.4) is 0 Å². The molecule has 1 atom stereocenters. The van der Waals surface area contributed by atoms with Crippen LogP contribution in [0.1, 0.15) is 31.8 Å². The van der Waals surface area contributed by atoms with Crippen LogP contribution < -0.4 is 10.1 Å². The lowest BCUT2D eigenvalue weighted by Crippen LogP contribution is -2.23. The van der Waals surface area contributed by atoms with Gasteiger partial charge in [-0.15, -0.1) is 0 Å². The fourth-order valence-electron chi connectivity index (χ4n) is 3.31. The fourth-order valence-corrected chi connectivity index (χ4v) is 4.69. The van der Waals surface area contributed by atoms with E-state index in [1.54, 1.807) is 49.6 Å². The van der Waals surface area contributed by atoms with Gasteiger partial charge in [0.15, 0.2) is 5.78 Å². The van der Waals surface area contributed by atoms with Crippen molar-refractivity contribution < 1.29 is 18.5 Å². The van der Waals surface area contributed by atoms with Crippen molar-refractivity contribution in [1.82, 2.24) is 5.32 Å². The molecule has 3 aromatic rings. The maximum Gasteiger partial charge on any atom is 0.251 e. The second kappa shape index (κ2) is 8.01. The van der Waals surface area contributed by atoms with Crippen LogP contribution in [0.2, 0.25) is 0 Å². The zero-order chi connectivity index (χ0) is 20.4. The number of carbonyl (C=O) groups excluding carboxylic acids is 2. The van der Waals surface area contributed by atoms with Crippen molar-refractivity contribution in [1.29, 1.82) is 0 Å². The van der Waals surface area contributed by atoms with E-state index in [1.807, 2.05) is 24.3 Å². The van der Waals surface area contributed by atoms with E-state index in [0.717, 1.165) is 11.3 Å². The van der Waals surface area contributed by atoms with Crippen LogP contribution in [0.5, 0.6) is 5.75 Å². The average molecular weight is 405 g/mol. The first kappa shape index (κ1) is 19.1. The van der Waals surface area contributed by atoms with Gasteiger partial charge in [-0.25, -0.2) is 4.21 Å². The molecule has 0 spiro atoms. The largest absolute Gasteiger partial charge is 0.497 e. The number of amides is 1. The summed E-state index contributed by atoms with van der Waals surface area (Å²) < 4.78 is 18.1. The summed E-state index contributed by atoms with van der Waals surface area (Å²) in [5.41, 5.74) is 2.49. The number of hydrogen-bond donors (Lipinski definition) is 1. The topological polar surface area (TPSA) is 72.5 Å². The van der Waals surface area contributed by atoms with E-state index in [0.29, 0.717) is 33.0 Å². The number of benzene rings is 3. The zero-order valence-electron chi connectivity index (χ0n) is 15.8. The summed E-state index contributed by atoms with van der Waals surface area (Å²) in [4.78, 5) is 26.3. The Morgan fingerprint density at radius 1 is 1.03 bits per heavy atom. The van der Waals surface area contributed by atoms with Crippen molar-refractivity contribution in [2.24, 2.45) is 0 Å². The number of Topliss-reactive ketones (excluding diaryl/α,β-unsaturated/α-hetero) is 1. The predicted octanol–water partition coefficient (Wildman–Crippen LogP) is 3.53. The van der Waals surface area contributed by atoms with E-state index < -0.39 is 10.8 Å². The van der Waals surface area contributed by atoms with Gasteiger partial charge < -0.3 is 10.1 Å². The summed E-state index contributed by atoms with van der Waals surface area (Å²) in [6.45, 7) is 0.371. The number of rotatable bonds is 4. The van der Waals surface area contributed by atoms with Gasteiger partial charge >= 0.3 is 0 Å². The van der Waals surface area contributed by atoms with Crippen molar-refractivity contribution in [3.05, 3.63) is 89.0 Å². The molecule has 0 saturated carbocycles. The Morgan fingerprint density at radius 3 is 2.55 bits per heavy atom. The van der Waals surface area contributed by atoms with Gasteiger partial charge in [0, 0.05) is 29.0 Å². The van der Waals surface area contributed by atoms with Crippen LogP contribution in [0.15, 0.2) is 76.5 Å². The van der Waals surface area contributed by atoms with Crippen LogP contribution in [0.4, 0.5) is 0 Å². The second-order valence-electron chi connectivity index (χ2n) is 6.72. The number of nitrogens with one attached hydrogen (secondary N) is 1. The summed E-state index contributed by atoms with van der Waals surface area (Å²) in [6.07, 6.45) is 0.123. The van der Waals surface area contributed by atoms with Crippen molar-refractivity contribution in [2.75, 3.05) is 7.11 Å². The van der Waals surface area contributed by atoms with Crippen molar-refractivity contribution in [3.8, 4) is 5.75 Å². The molecule has 0 radical (unpaired) electrons. The average Bonchev–Trinajstić information content (AvgIpc) is 2.87. The fraction of sp³-hybridized carbons (Fsp3) is 0.130. The van der Waals surface area contributed by atoms with Crippen LogP contribution in [0, 0.1) is 0 Å². The summed E-state index contributed by atoms with van der Waals surface area (Å²) in [5.74, 6) is 0.414. The highest BCUT2D eigenvalue weighted by atomic mass is 32.2. The van der Waals surface area contributed by atoms with Crippen molar-refractivity contribution in [3.63, 3.8) is 0 Å². The predicted molar refractivity (Wildman–Crippen MR) is 110 cm³/mol.